The predicted octanol–water partition coefficient (Wildman–Crippen LogP) is 2.18. The highest BCUT2D eigenvalue weighted by Gasteiger charge is 2.35. The van der Waals surface area contributed by atoms with Gasteiger partial charge < -0.3 is 15.8 Å². The molecule has 0 spiro atoms. The minimum absolute atomic E-state index is 0.116. The van der Waals surface area contributed by atoms with E-state index in [1.54, 1.807) is 7.11 Å². The number of hydrogen-bond donors (Lipinski definition) is 2. The highest BCUT2D eigenvalue weighted by molar-refractivity contribution is 7.84. The molecule has 0 aliphatic heterocycles. The topological polar surface area (TPSA) is 81.4 Å². The molecule has 1 saturated carbocycles. The van der Waals surface area contributed by atoms with E-state index in [-0.39, 0.29) is 5.91 Å². The van der Waals surface area contributed by atoms with Crippen molar-refractivity contribution >= 4 is 22.4 Å². The molecule has 1 aliphatic rings. The molecule has 1 atom stereocenters. The highest BCUT2D eigenvalue weighted by Crippen LogP contribution is 2.27. The Balaban J connectivity index is 1.96. The standard InChI is InChI=1S/C17H26N2O3S/c1-22-10-11-23(21)13-14-6-5-7-15(12-14)19-16(20)17(18)8-3-2-4-9-17/h5-7,12H,2-4,8-11,13,18H2,1H3,(H,19,20). The first-order chi connectivity index (χ1) is 11.0. The van der Waals surface area contributed by atoms with Gasteiger partial charge in [0.15, 0.2) is 0 Å². The Morgan fingerprint density at radius 1 is 1.35 bits per heavy atom. The minimum atomic E-state index is -0.967. The number of carbonyl (C=O) groups is 1. The highest BCUT2D eigenvalue weighted by atomic mass is 32.2. The minimum Gasteiger partial charge on any atom is -0.384 e. The molecule has 0 aromatic heterocycles. The molecule has 1 aromatic carbocycles. The van der Waals surface area contributed by atoms with Crippen LogP contribution in [0.15, 0.2) is 24.3 Å². The summed E-state index contributed by atoms with van der Waals surface area (Å²) in [6, 6.07) is 7.49. The molecule has 0 radical (unpaired) electrons. The number of anilines is 1. The average Bonchev–Trinajstić information content (AvgIpc) is 2.54. The summed E-state index contributed by atoms with van der Waals surface area (Å²) in [5.74, 6) is 0.856. The fraction of sp³-hybridized carbons (Fsp3) is 0.588. The number of ether oxygens (including phenoxy) is 1. The van der Waals surface area contributed by atoms with Crippen LogP contribution >= 0.6 is 0 Å². The lowest BCUT2D eigenvalue weighted by molar-refractivity contribution is -0.122. The van der Waals surface area contributed by atoms with Gasteiger partial charge in [-0.1, -0.05) is 31.4 Å². The SMILES string of the molecule is COCCS(=O)Cc1cccc(NC(=O)C2(N)CCCCC2)c1. The first-order valence-electron chi connectivity index (χ1n) is 8.07. The van der Waals surface area contributed by atoms with Crippen LogP contribution in [-0.4, -0.2) is 35.1 Å². The normalized spacial score (nSPS) is 18.3. The van der Waals surface area contributed by atoms with E-state index in [1.165, 1.54) is 0 Å². The lowest BCUT2D eigenvalue weighted by Gasteiger charge is -2.31. The van der Waals surface area contributed by atoms with Gasteiger partial charge >= 0.3 is 0 Å². The largest absolute Gasteiger partial charge is 0.384 e. The van der Waals surface area contributed by atoms with Gasteiger partial charge in [-0.2, -0.15) is 0 Å². The van der Waals surface area contributed by atoms with Crippen molar-refractivity contribution in [3.8, 4) is 0 Å². The zero-order valence-electron chi connectivity index (χ0n) is 13.7. The molecule has 3 N–H and O–H groups in total. The summed E-state index contributed by atoms with van der Waals surface area (Å²) < 4.78 is 16.9. The number of benzene rings is 1. The molecule has 0 saturated heterocycles. The van der Waals surface area contributed by atoms with Crippen molar-refractivity contribution < 1.29 is 13.7 Å². The summed E-state index contributed by atoms with van der Waals surface area (Å²) in [4.78, 5) is 12.5. The summed E-state index contributed by atoms with van der Waals surface area (Å²) in [6.45, 7) is 0.485. The number of nitrogens with two attached hydrogens (primary N) is 1. The van der Waals surface area contributed by atoms with Gasteiger partial charge in [0, 0.05) is 35.1 Å². The van der Waals surface area contributed by atoms with Crippen molar-refractivity contribution in [3.63, 3.8) is 0 Å². The van der Waals surface area contributed by atoms with Crippen LogP contribution in [-0.2, 0) is 26.1 Å². The monoisotopic (exact) mass is 338 g/mol. The second-order valence-electron chi connectivity index (χ2n) is 6.15. The van der Waals surface area contributed by atoms with E-state index in [4.69, 9.17) is 10.5 Å². The van der Waals surface area contributed by atoms with Crippen LogP contribution in [0.4, 0.5) is 5.69 Å². The Kier molecular flexibility index (Phi) is 6.74. The van der Waals surface area contributed by atoms with E-state index in [2.05, 4.69) is 5.32 Å². The van der Waals surface area contributed by atoms with Crippen LogP contribution in [0.2, 0.25) is 0 Å². The van der Waals surface area contributed by atoms with Gasteiger partial charge in [-0.05, 0) is 30.5 Å². The number of hydrogen-bond acceptors (Lipinski definition) is 4. The summed E-state index contributed by atoms with van der Waals surface area (Å²) in [7, 11) is 0.632. The molecular weight excluding hydrogens is 312 g/mol. The van der Waals surface area contributed by atoms with Crippen molar-refractivity contribution in [1.82, 2.24) is 0 Å². The van der Waals surface area contributed by atoms with Gasteiger partial charge in [0.25, 0.3) is 0 Å². The second-order valence-corrected chi connectivity index (χ2v) is 7.73. The Morgan fingerprint density at radius 2 is 2.09 bits per heavy atom. The third-order valence-corrected chi connectivity index (χ3v) is 5.50. The van der Waals surface area contributed by atoms with Crippen molar-refractivity contribution in [2.75, 3.05) is 24.8 Å². The number of methoxy groups -OCH3 is 1. The van der Waals surface area contributed by atoms with Crippen LogP contribution in [0, 0.1) is 0 Å². The zero-order chi connectivity index (χ0) is 16.7. The maximum Gasteiger partial charge on any atom is 0.244 e. The molecule has 1 aromatic rings. The Labute approximate surface area is 140 Å². The molecule has 0 bridgehead atoms. The summed E-state index contributed by atoms with van der Waals surface area (Å²) >= 11 is 0. The van der Waals surface area contributed by atoms with E-state index in [0.717, 1.165) is 37.7 Å². The van der Waals surface area contributed by atoms with Gasteiger partial charge in [-0.25, -0.2) is 0 Å². The van der Waals surface area contributed by atoms with Crippen molar-refractivity contribution in [1.29, 1.82) is 0 Å². The predicted molar refractivity (Wildman–Crippen MR) is 93.7 cm³/mol. The fourth-order valence-electron chi connectivity index (χ4n) is 2.84. The van der Waals surface area contributed by atoms with Crippen molar-refractivity contribution in [3.05, 3.63) is 29.8 Å². The zero-order valence-corrected chi connectivity index (χ0v) is 14.5. The molecule has 128 valence electrons. The number of carbonyl (C=O) groups excluding carboxylic acids is 1. The second kappa shape index (κ2) is 8.57. The maximum absolute atomic E-state index is 12.5. The molecule has 1 fully saturated rings. The van der Waals surface area contributed by atoms with Crippen LogP contribution in [0.25, 0.3) is 0 Å². The van der Waals surface area contributed by atoms with Crippen molar-refractivity contribution in [2.24, 2.45) is 5.73 Å². The van der Waals surface area contributed by atoms with Crippen LogP contribution in [0.3, 0.4) is 0 Å². The van der Waals surface area contributed by atoms with E-state index >= 15 is 0 Å². The van der Waals surface area contributed by atoms with Gasteiger partial charge in [-0.15, -0.1) is 0 Å². The third-order valence-electron chi connectivity index (χ3n) is 4.23. The molecule has 6 heteroatoms. The van der Waals surface area contributed by atoms with E-state index in [9.17, 15) is 9.00 Å². The van der Waals surface area contributed by atoms with Crippen LogP contribution < -0.4 is 11.1 Å². The van der Waals surface area contributed by atoms with Crippen molar-refractivity contribution in [2.45, 2.75) is 43.4 Å². The smallest absolute Gasteiger partial charge is 0.244 e. The van der Waals surface area contributed by atoms with E-state index in [0.29, 0.717) is 23.8 Å². The molecule has 5 nitrogen and oxygen atoms in total. The maximum atomic E-state index is 12.5. The summed E-state index contributed by atoms with van der Waals surface area (Å²) in [5.41, 5.74) is 7.15. The number of amides is 1. The Morgan fingerprint density at radius 3 is 2.78 bits per heavy atom. The average molecular weight is 338 g/mol. The van der Waals surface area contributed by atoms with Gasteiger partial charge in [-0.3, -0.25) is 9.00 Å². The third kappa shape index (κ3) is 5.41. The lowest BCUT2D eigenvalue weighted by atomic mass is 9.82. The van der Waals surface area contributed by atoms with Crippen LogP contribution in [0.5, 0.6) is 0 Å². The Bertz CT molecular complexity index is 557. The molecule has 1 amide bonds. The van der Waals surface area contributed by atoms with Gasteiger partial charge in [0.1, 0.15) is 0 Å². The van der Waals surface area contributed by atoms with Gasteiger partial charge in [0.05, 0.1) is 12.1 Å². The fourth-order valence-corrected chi connectivity index (χ4v) is 3.89. The molecular formula is C17H26N2O3S. The quantitative estimate of drug-likeness (QED) is 0.798. The molecule has 1 aliphatic carbocycles. The first-order valence-corrected chi connectivity index (χ1v) is 9.55. The summed E-state index contributed by atoms with van der Waals surface area (Å²) in [5, 5.41) is 2.92. The molecule has 1 unspecified atom stereocenters. The molecule has 23 heavy (non-hydrogen) atoms. The lowest BCUT2D eigenvalue weighted by Crippen LogP contribution is -2.52. The van der Waals surface area contributed by atoms with E-state index < -0.39 is 16.3 Å². The number of nitrogens with one attached hydrogen (secondary N) is 1. The van der Waals surface area contributed by atoms with E-state index in [1.807, 2.05) is 24.3 Å². The van der Waals surface area contributed by atoms with Gasteiger partial charge in [0.2, 0.25) is 5.91 Å². The molecule has 2 rings (SSSR count). The summed E-state index contributed by atoms with van der Waals surface area (Å²) in [6.07, 6.45) is 4.62. The molecule has 0 heterocycles. The number of rotatable bonds is 7. The first kappa shape index (κ1) is 18.1. The Hall–Kier alpha value is -1.24. The van der Waals surface area contributed by atoms with Crippen LogP contribution in [0.1, 0.15) is 37.7 Å².